The number of carbonyl (C=O) groups is 2. The van der Waals surface area contributed by atoms with E-state index in [1.54, 1.807) is 19.2 Å². The molecule has 3 rings (SSSR count). The van der Waals surface area contributed by atoms with Gasteiger partial charge in [-0.1, -0.05) is 42.3 Å². The molecule has 146 valence electrons. The first-order valence-corrected chi connectivity index (χ1v) is 9.61. The van der Waals surface area contributed by atoms with Gasteiger partial charge in [0.2, 0.25) is 0 Å². The van der Waals surface area contributed by atoms with Crippen molar-refractivity contribution in [2.75, 3.05) is 17.7 Å². The number of hydrogen-bond acceptors (Lipinski definition) is 4. The fourth-order valence-electron chi connectivity index (χ4n) is 3.26. The number of anilines is 2. The van der Waals surface area contributed by atoms with E-state index in [4.69, 9.17) is 23.2 Å². The highest BCUT2D eigenvalue weighted by Gasteiger charge is 2.49. The number of halogens is 2. The van der Waals surface area contributed by atoms with Gasteiger partial charge in [0.05, 0.1) is 17.1 Å². The zero-order chi connectivity index (χ0) is 20.5. The van der Waals surface area contributed by atoms with Crippen LogP contribution in [-0.2, 0) is 10.4 Å². The second-order valence-corrected chi connectivity index (χ2v) is 7.37. The summed E-state index contributed by atoms with van der Waals surface area (Å²) in [6, 6.07) is 8.32. The van der Waals surface area contributed by atoms with Gasteiger partial charge in [0, 0.05) is 28.9 Å². The lowest BCUT2D eigenvalue weighted by molar-refractivity contribution is -0.133. The third kappa shape index (κ3) is 3.53. The van der Waals surface area contributed by atoms with Gasteiger partial charge in [0.25, 0.3) is 5.91 Å². The monoisotopic (exact) mass is 418 g/mol. The zero-order valence-corrected chi connectivity index (χ0v) is 17.0. The van der Waals surface area contributed by atoms with Crippen LogP contribution in [0.25, 0.3) is 6.08 Å². The molecule has 0 bridgehead atoms. The summed E-state index contributed by atoms with van der Waals surface area (Å²) in [4.78, 5) is 25.6. The van der Waals surface area contributed by atoms with Crippen LogP contribution in [0.15, 0.2) is 36.4 Å². The minimum atomic E-state index is -2.08. The summed E-state index contributed by atoms with van der Waals surface area (Å²) in [7, 11) is 1.79. The number of carbonyl (C=O) groups excluding carboxylic acids is 2. The maximum atomic E-state index is 13.1. The molecular formula is C21H20Cl2N2O3. The Bertz CT molecular complexity index is 988. The van der Waals surface area contributed by atoms with Crippen molar-refractivity contribution in [2.24, 2.45) is 0 Å². The number of fused-ring (bicyclic) bond motifs is 1. The first-order chi connectivity index (χ1) is 13.3. The van der Waals surface area contributed by atoms with Gasteiger partial charge < -0.3 is 15.7 Å². The van der Waals surface area contributed by atoms with Crippen LogP contribution in [0.1, 0.15) is 41.3 Å². The van der Waals surface area contributed by atoms with Crippen molar-refractivity contribution >= 4 is 52.3 Å². The molecule has 3 N–H and O–H groups in total. The van der Waals surface area contributed by atoms with Crippen LogP contribution in [0.2, 0.25) is 10.0 Å². The molecule has 1 atom stereocenters. The summed E-state index contributed by atoms with van der Waals surface area (Å²) in [6.07, 6.45) is 4.15. The minimum Gasteiger partial charge on any atom is -0.388 e. The third-order valence-electron chi connectivity index (χ3n) is 4.72. The highest BCUT2D eigenvalue weighted by atomic mass is 35.5. The molecule has 1 unspecified atom stereocenters. The Balaban J connectivity index is 2.02. The van der Waals surface area contributed by atoms with Crippen LogP contribution in [0.3, 0.4) is 0 Å². The number of allylic oxidation sites excluding steroid dienone is 1. The van der Waals surface area contributed by atoms with Crippen LogP contribution >= 0.6 is 23.2 Å². The van der Waals surface area contributed by atoms with E-state index in [1.807, 2.05) is 25.1 Å². The smallest absolute Gasteiger partial charge is 0.261 e. The van der Waals surface area contributed by atoms with Crippen LogP contribution in [-0.4, -0.2) is 23.8 Å². The molecule has 1 aliphatic heterocycles. The maximum absolute atomic E-state index is 13.1. The maximum Gasteiger partial charge on any atom is 0.261 e. The molecule has 0 saturated heterocycles. The van der Waals surface area contributed by atoms with E-state index in [0.29, 0.717) is 11.1 Å². The quantitative estimate of drug-likeness (QED) is 0.584. The molecule has 0 aromatic heterocycles. The van der Waals surface area contributed by atoms with E-state index in [-0.39, 0.29) is 27.1 Å². The summed E-state index contributed by atoms with van der Waals surface area (Å²) in [5.74, 6) is -1.09. The third-order valence-corrected chi connectivity index (χ3v) is 5.35. The van der Waals surface area contributed by atoms with Crippen LogP contribution in [0.5, 0.6) is 0 Å². The number of ketones is 1. The molecule has 1 heterocycles. The molecule has 0 fully saturated rings. The van der Waals surface area contributed by atoms with E-state index in [0.717, 1.165) is 12.1 Å². The summed E-state index contributed by atoms with van der Waals surface area (Å²) in [6.45, 7) is 1.99. The average Bonchev–Trinajstić information content (AvgIpc) is 2.94. The van der Waals surface area contributed by atoms with E-state index in [9.17, 15) is 14.7 Å². The second-order valence-electron chi connectivity index (χ2n) is 6.56. The Kier molecular flexibility index (Phi) is 5.79. The van der Waals surface area contributed by atoms with Crippen molar-refractivity contribution in [3.63, 3.8) is 0 Å². The Hall–Kier alpha value is -2.34. The van der Waals surface area contributed by atoms with Crippen molar-refractivity contribution in [1.82, 2.24) is 0 Å². The Morgan fingerprint density at radius 1 is 1.25 bits per heavy atom. The summed E-state index contributed by atoms with van der Waals surface area (Å²) in [5, 5.41) is 17.1. The number of Topliss-reactive ketones (excluding diaryl/α,β-unsaturated/α-hetero) is 1. The van der Waals surface area contributed by atoms with Crippen molar-refractivity contribution in [1.29, 1.82) is 0 Å². The molecule has 7 heteroatoms. The first-order valence-electron chi connectivity index (χ1n) is 8.85. The van der Waals surface area contributed by atoms with Gasteiger partial charge in [-0.05, 0) is 42.3 Å². The molecule has 2 aromatic carbocycles. The van der Waals surface area contributed by atoms with Crippen molar-refractivity contribution in [3.8, 4) is 0 Å². The van der Waals surface area contributed by atoms with Gasteiger partial charge in [-0.15, -0.1) is 0 Å². The van der Waals surface area contributed by atoms with Crippen LogP contribution in [0, 0.1) is 0 Å². The lowest BCUT2D eigenvalue weighted by Gasteiger charge is -2.21. The Labute approximate surface area is 173 Å². The molecule has 1 amide bonds. The van der Waals surface area contributed by atoms with Gasteiger partial charge >= 0.3 is 0 Å². The molecular weight excluding hydrogens is 399 g/mol. The minimum absolute atomic E-state index is 0.137. The number of amides is 1. The molecule has 0 aliphatic carbocycles. The lowest BCUT2D eigenvalue weighted by Crippen LogP contribution is -2.36. The SMILES string of the molecule is CC/C=C\c1cc(NC)ccc1C(=O)CC1(O)C(=O)Nc2c(Cl)ccc(Cl)c21. The van der Waals surface area contributed by atoms with E-state index in [1.165, 1.54) is 12.1 Å². The zero-order valence-electron chi connectivity index (χ0n) is 15.5. The fourth-order valence-corrected chi connectivity index (χ4v) is 3.78. The number of rotatable bonds is 6. The molecule has 5 nitrogen and oxygen atoms in total. The van der Waals surface area contributed by atoms with Gasteiger partial charge in [0.1, 0.15) is 0 Å². The molecule has 0 spiro atoms. The number of benzene rings is 2. The van der Waals surface area contributed by atoms with Crippen molar-refractivity contribution < 1.29 is 14.7 Å². The lowest BCUT2D eigenvalue weighted by atomic mass is 9.86. The number of nitrogens with one attached hydrogen (secondary N) is 2. The second kappa shape index (κ2) is 7.95. The highest BCUT2D eigenvalue weighted by Crippen LogP contribution is 2.46. The normalized spacial score (nSPS) is 18.2. The molecule has 1 aliphatic rings. The Morgan fingerprint density at radius 3 is 2.64 bits per heavy atom. The van der Waals surface area contributed by atoms with Gasteiger partial charge in [-0.3, -0.25) is 9.59 Å². The van der Waals surface area contributed by atoms with Gasteiger partial charge in [0.15, 0.2) is 11.4 Å². The predicted octanol–water partition coefficient (Wildman–Crippen LogP) is 4.87. The molecule has 0 radical (unpaired) electrons. The molecule has 0 saturated carbocycles. The topological polar surface area (TPSA) is 78.4 Å². The van der Waals surface area contributed by atoms with Crippen molar-refractivity contribution in [3.05, 3.63) is 63.1 Å². The standard InChI is InChI=1S/C21H20Cl2N2O3/c1-3-4-5-12-10-13(24-2)6-7-14(12)17(26)11-21(28)18-15(22)8-9-16(23)19(18)25-20(21)27/h4-10,24,28H,3,11H2,1-2H3,(H,25,27)/b5-4-. The van der Waals surface area contributed by atoms with Crippen LogP contribution < -0.4 is 10.6 Å². The van der Waals surface area contributed by atoms with Crippen molar-refractivity contribution in [2.45, 2.75) is 25.4 Å². The van der Waals surface area contributed by atoms with E-state index < -0.39 is 17.9 Å². The molecule has 2 aromatic rings. The number of hydrogen-bond donors (Lipinski definition) is 3. The first kappa shape index (κ1) is 20.4. The summed E-state index contributed by atoms with van der Waals surface area (Å²) >= 11 is 12.3. The molecule has 28 heavy (non-hydrogen) atoms. The summed E-state index contributed by atoms with van der Waals surface area (Å²) < 4.78 is 0. The van der Waals surface area contributed by atoms with Gasteiger partial charge in [-0.25, -0.2) is 0 Å². The largest absolute Gasteiger partial charge is 0.388 e. The highest BCUT2D eigenvalue weighted by molar-refractivity contribution is 6.38. The number of aliphatic hydroxyl groups is 1. The Morgan fingerprint density at radius 2 is 1.96 bits per heavy atom. The van der Waals surface area contributed by atoms with E-state index >= 15 is 0 Å². The van der Waals surface area contributed by atoms with E-state index in [2.05, 4.69) is 10.6 Å². The van der Waals surface area contributed by atoms with Gasteiger partial charge in [-0.2, -0.15) is 0 Å². The average molecular weight is 419 g/mol. The summed E-state index contributed by atoms with van der Waals surface area (Å²) in [5.41, 5.74) is 0.269. The van der Waals surface area contributed by atoms with Crippen LogP contribution in [0.4, 0.5) is 11.4 Å². The fraction of sp³-hybridized carbons (Fsp3) is 0.238. The predicted molar refractivity (Wildman–Crippen MR) is 113 cm³/mol.